The normalized spacial score (nSPS) is 11.5. The van der Waals surface area contributed by atoms with E-state index in [1.54, 1.807) is 67.8 Å². The van der Waals surface area contributed by atoms with Crippen LogP contribution in [0.5, 0.6) is 5.75 Å². The Labute approximate surface area is 167 Å². The Bertz CT molecular complexity index is 1360. The molecule has 0 saturated carbocycles. The highest BCUT2D eigenvalue weighted by molar-refractivity contribution is 7.89. The summed E-state index contributed by atoms with van der Waals surface area (Å²) in [4.78, 5) is 13.3. The molecule has 4 rings (SSSR count). The Balaban J connectivity index is 2.00. The highest BCUT2D eigenvalue weighted by Crippen LogP contribution is 2.33. The van der Waals surface area contributed by atoms with Crippen molar-refractivity contribution in [3.8, 4) is 28.2 Å². The van der Waals surface area contributed by atoms with Crippen LogP contribution in [0.15, 0.2) is 86.9 Å². The minimum Gasteiger partial charge on any atom is -0.497 e. The highest BCUT2D eigenvalue weighted by atomic mass is 32.2. The van der Waals surface area contributed by atoms with Gasteiger partial charge in [-0.25, -0.2) is 13.6 Å². The van der Waals surface area contributed by atoms with E-state index in [9.17, 15) is 13.2 Å². The third-order valence-electron chi connectivity index (χ3n) is 4.62. The molecule has 0 aliphatic carbocycles. The Kier molecular flexibility index (Phi) is 4.70. The summed E-state index contributed by atoms with van der Waals surface area (Å²) in [7, 11) is -2.25. The monoisotopic (exact) mass is 407 g/mol. The Hall–Kier alpha value is -3.42. The van der Waals surface area contributed by atoms with Gasteiger partial charge in [0.2, 0.25) is 15.5 Å². The zero-order chi connectivity index (χ0) is 20.6. The van der Waals surface area contributed by atoms with E-state index in [0.717, 1.165) is 0 Å². The molecule has 0 aliphatic heterocycles. The van der Waals surface area contributed by atoms with Crippen molar-refractivity contribution in [3.63, 3.8) is 0 Å². The van der Waals surface area contributed by atoms with Gasteiger partial charge < -0.3 is 9.15 Å². The Morgan fingerprint density at radius 1 is 0.862 bits per heavy atom. The molecule has 0 fully saturated rings. The van der Waals surface area contributed by atoms with Crippen molar-refractivity contribution < 1.29 is 17.6 Å². The van der Waals surface area contributed by atoms with Crippen LogP contribution in [0, 0.1) is 0 Å². The summed E-state index contributed by atoms with van der Waals surface area (Å²) in [6.07, 6.45) is 0. The van der Waals surface area contributed by atoms with E-state index in [2.05, 4.69) is 0 Å². The van der Waals surface area contributed by atoms with E-state index in [0.29, 0.717) is 39.2 Å². The van der Waals surface area contributed by atoms with E-state index in [1.807, 2.05) is 0 Å². The number of hydrogen-bond acceptors (Lipinski definition) is 5. The van der Waals surface area contributed by atoms with Crippen LogP contribution in [0.1, 0.15) is 0 Å². The smallest absolute Gasteiger partial charge is 0.238 e. The van der Waals surface area contributed by atoms with Gasteiger partial charge in [-0.05, 0) is 54.1 Å². The number of sulfonamides is 1. The number of methoxy groups -OCH3 is 1. The summed E-state index contributed by atoms with van der Waals surface area (Å²) < 4.78 is 34.4. The van der Waals surface area contributed by atoms with E-state index < -0.39 is 10.0 Å². The SMILES string of the molecule is COc1ccc(-c2c(-c3ccc(S(N)(=O)=O)cc3)oc3ccccc3c2=O)cc1. The maximum Gasteiger partial charge on any atom is 0.238 e. The largest absolute Gasteiger partial charge is 0.497 e. The van der Waals surface area contributed by atoms with Gasteiger partial charge in [0, 0.05) is 5.56 Å². The first-order chi connectivity index (χ1) is 13.9. The molecule has 1 aromatic heterocycles. The summed E-state index contributed by atoms with van der Waals surface area (Å²) in [5.41, 5.74) is 1.87. The van der Waals surface area contributed by atoms with E-state index in [1.165, 1.54) is 12.1 Å². The standard InChI is InChI=1S/C22H17NO5S/c1-27-16-10-6-14(7-11-16)20-21(24)18-4-2-3-5-19(18)28-22(20)15-8-12-17(13-9-15)29(23,25)26/h2-13H,1H3,(H2,23,25,26). The first-order valence-corrected chi connectivity index (χ1v) is 10.3. The number of ether oxygens (including phenoxy) is 1. The van der Waals surface area contributed by atoms with Crippen LogP contribution in [0.2, 0.25) is 0 Å². The molecular formula is C22H17NO5S. The van der Waals surface area contributed by atoms with Crippen LogP contribution in [0.4, 0.5) is 0 Å². The first kappa shape index (κ1) is 18.9. The summed E-state index contributed by atoms with van der Waals surface area (Å²) >= 11 is 0. The van der Waals surface area contributed by atoms with Gasteiger partial charge in [0.1, 0.15) is 17.1 Å². The average molecular weight is 407 g/mol. The van der Waals surface area contributed by atoms with Crippen molar-refractivity contribution in [2.24, 2.45) is 5.14 Å². The molecule has 29 heavy (non-hydrogen) atoms. The Morgan fingerprint density at radius 2 is 1.48 bits per heavy atom. The minimum absolute atomic E-state index is 0.0182. The molecule has 0 radical (unpaired) electrons. The minimum atomic E-state index is -3.82. The molecule has 0 spiro atoms. The molecule has 0 atom stereocenters. The van der Waals surface area contributed by atoms with Crippen LogP contribution >= 0.6 is 0 Å². The predicted octanol–water partition coefficient (Wildman–Crippen LogP) is 3.78. The fourth-order valence-electron chi connectivity index (χ4n) is 3.16. The van der Waals surface area contributed by atoms with Gasteiger partial charge in [-0.3, -0.25) is 4.79 Å². The number of primary sulfonamides is 1. The number of hydrogen-bond donors (Lipinski definition) is 1. The molecule has 0 aliphatic rings. The van der Waals surface area contributed by atoms with Gasteiger partial charge in [0.25, 0.3) is 0 Å². The summed E-state index contributed by atoms with van der Waals surface area (Å²) in [5.74, 6) is 1.01. The lowest BCUT2D eigenvalue weighted by Gasteiger charge is -2.11. The van der Waals surface area contributed by atoms with Crippen molar-refractivity contribution in [3.05, 3.63) is 83.0 Å². The first-order valence-electron chi connectivity index (χ1n) is 8.72. The zero-order valence-electron chi connectivity index (χ0n) is 15.5. The molecule has 0 unspecified atom stereocenters. The summed E-state index contributed by atoms with van der Waals surface area (Å²) in [5, 5.41) is 5.64. The highest BCUT2D eigenvalue weighted by Gasteiger charge is 2.18. The molecule has 146 valence electrons. The third-order valence-corrected chi connectivity index (χ3v) is 5.55. The number of nitrogens with two attached hydrogens (primary N) is 1. The average Bonchev–Trinajstić information content (AvgIpc) is 2.73. The number of para-hydroxylation sites is 1. The molecule has 0 amide bonds. The van der Waals surface area contributed by atoms with E-state index >= 15 is 0 Å². The van der Waals surface area contributed by atoms with Gasteiger partial charge in [-0.15, -0.1) is 0 Å². The molecule has 7 heteroatoms. The fourth-order valence-corrected chi connectivity index (χ4v) is 3.68. The molecule has 0 saturated heterocycles. The van der Waals surface area contributed by atoms with Crippen molar-refractivity contribution in [1.82, 2.24) is 0 Å². The quantitative estimate of drug-likeness (QED) is 0.555. The lowest BCUT2D eigenvalue weighted by Crippen LogP contribution is -2.12. The van der Waals surface area contributed by atoms with Crippen LogP contribution in [0.3, 0.4) is 0 Å². The topological polar surface area (TPSA) is 99.6 Å². The van der Waals surface area contributed by atoms with Crippen LogP contribution < -0.4 is 15.3 Å². The van der Waals surface area contributed by atoms with Crippen molar-refractivity contribution >= 4 is 21.0 Å². The second-order valence-corrected chi connectivity index (χ2v) is 7.99. The molecule has 0 bridgehead atoms. The summed E-state index contributed by atoms with van der Waals surface area (Å²) in [6.45, 7) is 0. The van der Waals surface area contributed by atoms with Crippen LogP contribution in [0.25, 0.3) is 33.4 Å². The molecule has 3 aromatic carbocycles. The maximum absolute atomic E-state index is 13.3. The van der Waals surface area contributed by atoms with Gasteiger partial charge in [0.15, 0.2) is 0 Å². The predicted molar refractivity (Wildman–Crippen MR) is 111 cm³/mol. The number of benzene rings is 3. The van der Waals surface area contributed by atoms with E-state index in [4.69, 9.17) is 14.3 Å². The van der Waals surface area contributed by atoms with E-state index in [-0.39, 0.29) is 10.3 Å². The summed E-state index contributed by atoms with van der Waals surface area (Å²) in [6, 6.07) is 20.0. The fraction of sp³-hybridized carbons (Fsp3) is 0.0455. The Morgan fingerprint density at radius 3 is 2.10 bits per heavy atom. The number of fused-ring (bicyclic) bond motifs is 1. The van der Waals surface area contributed by atoms with Crippen molar-refractivity contribution in [1.29, 1.82) is 0 Å². The van der Waals surface area contributed by atoms with Gasteiger partial charge in [-0.1, -0.05) is 24.3 Å². The molecule has 1 heterocycles. The van der Waals surface area contributed by atoms with Crippen molar-refractivity contribution in [2.75, 3.05) is 7.11 Å². The second-order valence-electron chi connectivity index (χ2n) is 6.43. The molecule has 4 aromatic rings. The number of rotatable bonds is 4. The zero-order valence-corrected chi connectivity index (χ0v) is 16.3. The lowest BCUT2D eigenvalue weighted by molar-refractivity contribution is 0.415. The maximum atomic E-state index is 13.3. The van der Waals surface area contributed by atoms with Crippen LogP contribution in [-0.4, -0.2) is 15.5 Å². The third kappa shape index (κ3) is 3.53. The lowest BCUT2D eigenvalue weighted by atomic mass is 9.98. The molecule has 6 nitrogen and oxygen atoms in total. The molecular weight excluding hydrogens is 390 g/mol. The van der Waals surface area contributed by atoms with Gasteiger partial charge in [-0.2, -0.15) is 0 Å². The van der Waals surface area contributed by atoms with Crippen LogP contribution in [-0.2, 0) is 10.0 Å². The van der Waals surface area contributed by atoms with Gasteiger partial charge in [0.05, 0.1) is 23.0 Å². The van der Waals surface area contributed by atoms with Crippen molar-refractivity contribution in [2.45, 2.75) is 4.90 Å². The van der Waals surface area contributed by atoms with Gasteiger partial charge >= 0.3 is 0 Å². The molecule has 2 N–H and O–H groups in total. The second kappa shape index (κ2) is 7.20.